The Bertz CT molecular complexity index is 813. The molecule has 1 unspecified atom stereocenters. The molecule has 1 aromatic carbocycles. The van der Waals surface area contributed by atoms with E-state index in [0.717, 1.165) is 24.1 Å². The largest absolute Gasteiger partial charge is 0.364 e. The van der Waals surface area contributed by atoms with E-state index in [1.54, 1.807) is 0 Å². The Kier molecular flexibility index (Phi) is 6.58. The first-order valence-electron chi connectivity index (χ1n) is 8.50. The van der Waals surface area contributed by atoms with Crippen LogP contribution in [-0.2, 0) is 4.79 Å². The fourth-order valence-corrected chi connectivity index (χ4v) is 2.85. The summed E-state index contributed by atoms with van der Waals surface area (Å²) in [4.78, 5) is 14.0. The number of hydrogen-bond acceptors (Lipinski definition) is 3. The summed E-state index contributed by atoms with van der Waals surface area (Å²) in [5.74, 6) is -4.14. The number of amides is 1. The average molecular weight is 401 g/mol. The molecule has 152 valence electrons. The lowest BCUT2D eigenvalue weighted by Gasteiger charge is -2.32. The van der Waals surface area contributed by atoms with Crippen molar-refractivity contribution in [2.45, 2.75) is 38.3 Å². The van der Waals surface area contributed by atoms with E-state index in [9.17, 15) is 26.7 Å². The second-order valence-corrected chi connectivity index (χ2v) is 6.46. The molecule has 2 N–H and O–H groups in total. The molecule has 1 atom stereocenters. The summed E-state index contributed by atoms with van der Waals surface area (Å²) in [5.41, 5.74) is -2.27. The molecule has 9 heteroatoms. The minimum absolute atomic E-state index is 0.0898. The number of carbonyl (C=O) groups is 1. The molecule has 1 aromatic rings. The van der Waals surface area contributed by atoms with Crippen LogP contribution in [0.4, 0.5) is 22.0 Å². The van der Waals surface area contributed by atoms with Crippen LogP contribution in [0.5, 0.6) is 0 Å². The second kappa shape index (κ2) is 8.53. The molecule has 1 amide bonds. The highest BCUT2D eigenvalue weighted by molar-refractivity contribution is 6.22. The normalized spacial score (nSPS) is 15.7. The van der Waals surface area contributed by atoms with Crippen LogP contribution in [0, 0.1) is 17.0 Å². The van der Waals surface area contributed by atoms with Gasteiger partial charge in [-0.05, 0) is 43.0 Å². The molecule has 0 bridgehead atoms. The number of nitrogens with zero attached hydrogens (tertiary/aromatic N) is 1. The standard InChI is InChI=1S/C19H20F5N3O/c1-9(11-6-12(20)8-13(21)7-11)10(2)27(14-4-5-14)19(28)15(18(24)26-3)16(25)17(22)23/h6-8,10,14,17,25-26H,1,4-5H2,2-3H3/b18-15+,25-16?. The number of carbonyl (C=O) groups excluding carboxylic acids is 1. The van der Waals surface area contributed by atoms with Crippen LogP contribution in [0.1, 0.15) is 25.3 Å². The van der Waals surface area contributed by atoms with Crippen LogP contribution >= 0.6 is 0 Å². The summed E-state index contributed by atoms with van der Waals surface area (Å²) in [5, 5.41) is 9.41. The van der Waals surface area contributed by atoms with Gasteiger partial charge in [-0.2, -0.15) is 4.39 Å². The van der Waals surface area contributed by atoms with Crippen LogP contribution in [0.15, 0.2) is 36.3 Å². The van der Waals surface area contributed by atoms with E-state index >= 15 is 0 Å². The fraction of sp³-hybridized carbons (Fsp3) is 0.368. The molecular formula is C19H20F5N3O. The SMILES string of the molecule is C=C(c1cc(F)cc(F)c1)C(C)N(C(=O)/C(C(=N)C(F)F)=C(\F)NC)C1CC1. The van der Waals surface area contributed by atoms with E-state index in [0.29, 0.717) is 18.9 Å². The Hall–Kier alpha value is -2.71. The van der Waals surface area contributed by atoms with Gasteiger partial charge in [-0.15, -0.1) is 0 Å². The third-order valence-corrected chi connectivity index (χ3v) is 4.47. The molecular weight excluding hydrogens is 381 g/mol. The first-order valence-corrected chi connectivity index (χ1v) is 8.50. The molecule has 1 saturated carbocycles. The van der Waals surface area contributed by atoms with E-state index in [4.69, 9.17) is 5.41 Å². The Morgan fingerprint density at radius 2 is 1.79 bits per heavy atom. The molecule has 0 heterocycles. The van der Waals surface area contributed by atoms with Crippen LogP contribution in [0.2, 0.25) is 0 Å². The van der Waals surface area contributed by atoms with Gasteiger partial charge in [0.2, 0.25) is 5.95 Å². The molecule has 28 heavy (non-hydrogen) atoms. The average Bonchev–Trinajstić information content (AvgIpc) is 3.44. The highest BCUT2D eigenvalue weighted by Gasteiger charge is 2.41. The third kappa shape index (κ3) is 4.58. The van der Waals surface area contributed by atoms with Gasteiger partial charge >= 0.3 is 0 Å². The number of hydrogen-bond donors (Lipinski definition) is 2. The highest BCUT2D eigenvalue weighted by atomic mass is 19.3. The minimum Gasteiger partial charge on any atom is -0.364 e. The molecule has 0 aromatic heterocycles. The zero-order valence-electron chi connectivity index (χ0n) is 15.3. The predicted molar refractivity (Wildman–Crippen MR) is 95.6 cm³/mol. The summed E-state index contributed by atoms with van der Waals surface area (Å²) in [7, 11) is 1.10. The molecule has 0 spiro atoms. The van der Waals surface area contributed by atoms with Gasteiger partial charge in [-0.1, -0.05) is 6.58 Å². The quantitative estimate of drug-likeness (QED) is 0.299. The van der Waals surface area contributed by atoms with Crippen molar-refractivity contribution in [3.63, 3.8) is 0 Å². The van der Waals surface area contributed by atoms with Crippen LogP contribution in [-0.4, -0.2) is 42.1 Å². The van der Waals surface area contributed by atoms with Crippen molar-refractivity contribution in [2.75, 3.05) is 7.05 Å². The van der Waals surface area contributed by atoms with E-state index in [-0.39, 0.29) is 17.2 Å². The van der Waals surface area contributed by atoms with Crippen molar-refractivity contribution in [1.29, 1.82) is 5.41 Å². The van der Waals surface area contributed by atoms with Crippen molar-refractivity contribution in [1.82, 2.24) is 10.2 Å². The lowest BCUT2D eigenvalue weighted by molar-refractivity contribution is -0.128. The van der Waals surface area contributed by atoms with Crippen LogP contribution in [0.3, 0.4) is 0 Å². The van der Waals surface area contributed by atoms with Gasteiger partial charge in [0.25, 0.3) is 12.3 Å². The zero-order valence-corrected chi connectivity index (χ0v) is 15.3. The second-order valence-electron chi connectivity index (χ2n) is 6.46. The third-order valence-electron chi connectivity index (χ3n) is 4.47. The number of nitrogens with one attached hydrogen (secondary N) is 2. The van der Waals surface area contributed by atoms with Gasteiger partial charge < -0.3 is 10.2 Å². The molecule has 0 aliphatic heterocycles. The van der Waals surface area contributed by atoms with Gasteiger partial charge in [-0.3, -0.25) is 10.2 Å². The molecule has 1 aliphatic carbocycles. The fourth-order valence-electron chi connectivity index (χ4n) is 2.85. The van der Waals surface area contributed by atoms with Gasteiger partial charge in [0.15, 0.2) is 0 Å². The smallest absolute Gasteiger partial charge is 0.280 e. The Morgan fingerprint density at radius 1 is 1.25 bits per heavy atom. The summed E-state index contributed by atoms with van der Waals surface area (Å²) >= 11 is 0. The first-order chi connectivity index (χ1) is 13.1. The topological polar surface area (TPSA) is 56.2 Å². The molecule has 2 rings (SSSR count). The van der Waals surface area contributed by atoms with Crippen molar-refractivity contribution in [2.24, 2.45) is 0 Å². The van der Waals surface area contributed by atoms with Gasteiger partial charge in [0, 0.05) is 19.2 Å². The summed E-state index contributed by atoms with van der Waals surface area (Å²) in [6.07, 6.45) is -2.25. The van der Waals surface area contributed by atoms with Gasteiger partial charge in [0.05, 0.1) is 6.04 Å². The first kappa shape index (κ1) is 21.6. The number of halogens is 5. The predicted octanol–water partition coefficient (Wildman–Crippen LogP) is 4.04. The molecule has 1 aliphatic rings. The summed E-state index contributed by atoms with van der Waals surface area (Å²) in [6, 6.07) is 1.50. The van der Waals surface area contributed by atoms with E-state index in [2.05, 4.69) is 6.58 Å². The van der Waals surface area contributed by atoms with Crippen molar-refractivity contribution < 1.29 is 26.7 Å². The number of rotatable bonds is 8. The maximum Gasteiger partial charge on any atom is 0.280 e. The summed E-state index contributed by atoms with van der Waals surface area (Å²) < 4.78 is 67.2. The highest BCUT2D eigenvalue weighted by Crippen LogP contribution is 2.35. The molecule has 0 radical (unpaired) electrons. The van der Waals surface area contributed by atoms with E-state index in [1.165, 1.54) is 6.92 Å². The Labute approximate surface area is 159 Å². The maximum atomic E-state index is 14.1. The van der Waals surface area contributed by atoms with Crippen molar-refractivity contribution in [3.8, 4) is 0 Å². The zero-order chi connectivity index (χ0) is 21.2. The van der Waals surface area contributed by atoms with Crippen molar-refractivity contribution in [3.05, 3.63) is 53.5 Å². The van der Waals surface area contributed by atoms with Gasteiger partial charge in [-0.25, -0.2) is 17.6 Å². The van der Waals surface area contributed by atoms with Gasteiger partial charge in [0.1, 0.15) is 22.9 Å². The van der Waals surface area contributed by atoms with Crippen LogP contribution in [0.25, 0.3) is 5.57 Å². The maximum absolute atomic E-state index is 14.1. The van der Waals surface area contributed by atoms with E-state index < -0.39 is 47.2 Å². The molecule has 1 fully saturated rings. The molecule has 0 saturated heterocycles. The van der Waals surface area contributed by atoms with E-state index in [1.807, 2.05) is 5.32 Å². The lowest BCUT2D eigenvalue weighted by Crippen LogP contribution is -2.44. The van der Waals surface area contributed by atoms with Crippen molar-refractivity contribution >= 4 is 17.2 Å². The summed E-state index contributed by atoms with van der Waals surface area (Å²) in [6.45, 7) is 5.27. The Balaban J connectivity index is 2.42. The number of alkyl halides is 2. The number of benzene rings is 1. The minimum atomic E-state index is -3.35. The lowest BCUT2D eigenvalue weighted by atomic mass is 9.98. The monoisotopic (exact) mass is 401 g/mol. The Morgan fingerprint density at radius 3 is 2.21 bits per heavy atom. The molecule has 4 nitrogen and oxygen atoms in total. The van der Waals surface area contributed by atoms with Crippen LogP contribution < -0.4 is 5.32 Å².